The number of hydrogen-bond acceptors (Lipinski definition) is 4. The van der Waals surface area contributed by atoms with Gasteiger partial charge in [-0.2, -0.15) is 0 Å². The number of rotatable bonds is 2. The molecule has 5 heteroatoms. The van der Waals surface area contributed by atoms with Crippen LogP contribution in [0.1, 0.15) is 29.7 Å². The number of nitrogens with one attached hydrogen (secondary N) is 2. The first kappa shape index (κ1) is 18.2. The summed E-state index contributed by atoms with van der Waals surface area (Å²) < 4.78 is 1.96. The van der Waals surface area contributed by atoms with Gasteiger partial charge in [0.15, 0.2) is 5.65 Å². The highest BCUT2D eigenvalue weighted by Gasteiger charge is 2.23. The van der Waals surface area contributed by atoms with E-state index in [4.69, 9.17) is 0 Å². The van der Waals surface area contributed by atoms with Gasteiger partial charge in [0.05, 0.1) is 6.04 Å². The second-order valence-electron chi connectivity index (χ2n) is 8.36. The molecule has 3 aromatic carbocycles. The maximum atomic E-state index is 4.11. The van der Waals surface area contributed by atoms with E-state index in [2.05, 4.69) is 101 Å². The van der Waals surface area contributed by atoms with Crippen LogP contribution in [-0.2, 0) is 6.42 Å². The lowest BCUT2D eigenvalue weighted by molar-refractivity contribution is 0.434. The average Bonchev–Trinajstić information content (AvgIpc) is 3.21. The smallest absolute Gasteiger partial charge is 0.160 e. The van der Waals surface area contributed by atoms with E-state index >= 15 is 0 Å². The van der Waals surface area contributed by atoms with E-state index in [9.17, 15) is 0 Å². The average molecular weight is 406 g/mol. The van der Waals surface area contributed by atoms with Crippen molar-refractivity contribution in [1.29, 1.82) is 0 Å². The minimum absolute atomic E-state index is 0.0962. The van der Waals surface area contributed by atoms with Gasteiger partial charge in [0.1, 0.15) is 6.33 Å². The van der Waals surface area contributed by atoms with Crippen LogP contribution in [0.25, 0.3) is 27.5 Å². The Morgan fingerprint density at radius 1 is 0.871 bits per heavy atom. The van der Waals surface area contributed by atoms with Crippen LogP contribution in [-0.4, -0.2) is 20.6 Å². The van der Waals surface area contributed by atoms with Crippen molar-refractivity contribution in [2.75, 3.05) is 0 Å². The Morgan fingerprint density at radius 2 is 1.74 bits per heavy atom. The molecule has 152 valence electrons. The highest BCUT2D eigenvalue weighted by molar-refractivity contribution is 5.83. The number of hydrogen-bond donors (Lipinski definition) is 2. The summed E-state index contributed by atoms with van der Waals surface area (Å²) in [5.41, 5.74) is 14.3. The molecule has 0 spiro atoms. The number of aromatic nitrogens is 3. The normalized spacial score (nSPS) is 18.7. The van der Waals surface area contributed by atoms with Crippen molar-refractivity contribution < 1.29 is 0 Å². The van der Waals surface area contributed by atoms with Gasteiger partial charge in [0, 0.05) is 12.2 Å². The molecule has 0 saturated carbocycles. The highest BCUT2D eigenvalue weighted by atomic mass is 15.4. The van der Waals surface area contributed by atoms with Crippen molar-refractivity contribution in [3.8, 4) is 11.1 Å². The molecule has 5 nitrogen and oxygen atoms in total. The Balaban J connectivity index is 1.44. The van der Waals surface area contributed by atoms with Crippen molar-refractivity contribution in [1.82, 2.24) is 25.4 Å². The first-order valence-corrected chi connectivity index (χ1v) is 10.7. The summed E-state index contributed by atoms with van der Waals surface area (Å²) in [6.45, 7) is 2.22. The molecule has 2 atom stereocenters. The van der Waals surface area contributed by atoms with Gasteiger partial charge in [-0.05, 0) is 70.1 Å². The van der Waals surface area contributed by atoms with Crippen LogP contribution in [0.4, 0.5) is 0 Å². The standard InChI is InChI=1S/C26H23N5/c1-17-12-23-14-20(22-9-11-25-29-27-16-31(25)15-22)8-10-24(23)26(30-28-17)21-7-6-18-4-2-3-5-19(18)13-21/h2-11,13-17,26,28,30H,12H2,1H3. The van der Waals surface area contributed by atoms with Crippen molar-refractivity contribution in [3.63, 3.8) is 0 Å². The maximum Gasteiger partial charge on any atom is 0.160 e. The van der Waals surface area contributed by atoms with Crippen LogP contribution in [0.5, 0.6) is 0 Å². The van der Waals surface area contributed by atoms with Crippen LogP contribution in [0.15, 0.2) is 85.3 Å². The summed E-state index contributed by atoms with van der Waals surface area (Å²) in [6.07, 6.45) is 4.80. The van der Waals surface area contributed by atoms with E-state index in [1.807, 2.05) is 10.5 Å². The predicted octanol–water partition coefficient (Wildman–Crippen LogP) is 4.68. The largest absolute Gasteiger partial charge is 0.288 e. The number of fused-ring (bicyclic) bond motifs is 3. The van der Waals surface area contributed by atoms with Crippen molar-refractivity contribution >= 4 is 16.4 Å². The monoisotopic (exact) mass is 405 g/mol. The summed E-state index contributed by atoms with van der Waals surface area (Å²) in [6, 6.07) is 26.6. The molecule has 2 unspecified atom stereocenters. The van der Waals surface area contributed by atoms with Gasteiger partial charge >= 0.3 is 0 Å². The molecule has 6 rings (SSSR count). The molecular formula is C26H23N5. The van der Waals surface area contributed by atoms with Gasteiger partial charge in [-0.3, -0.25) is 9.83 Å². The molecule has 1 aliphatic rings. The van der Waals surface area contributed by atoms with Crippen LogP contribution in [0, 0.1) is 0 Å². The lowest BCUT2D eigenvalue weighted by Crippen LogP contribution is -2.40. The first-order chi connectivity index (χ1) is 15.2. The van der Waals surface area contributed by atoms with Crippen LogP contribution in [0.2, 0.25) is 0 Å². The summed E-state index contributed by atoms with van der Waals surface area (Å²) in [5.74, 6) is 0. The summed E-state index contributed by atoms with van der Waals surface area (Å²) in [4.78, 5) is 0. The van der Waals surface area contributed by atoms with E-state index in [-0.39, 0.29) is 6.04 Å². The van der Waals surface area contributed by atoms with E-state index < -0.39 is 0 Å². The van der Waals surface area contributed by atoms with Gasteiger partial charge in [-0.1, -0.05) is 54.6 Å². The lowest BCUT2D eigenvalue weighted by atomic mass is 9.89. The van der Waals surface area contributed by atoms with Gasteiger partial charge in [0.25, 0.3) is 0 Å². The quantitative estimate of drug-likeness (QED) is 0.448. The highest BCUT2D eigenvalue weighted by Crippen LogP contribution is 2.32. The van der Waals surface area contributed by atoms with E-state index in [1.165, 1.54) is 33.0 Å². The number of nitrogens with zero attached hydrogens (tertiary/aromatic N) is 3. The fourth-order valence-electron chi connectivity index (χ4n) is 4.58. The van der Waals surface area contributed by atoms with Gasteiger partial charge in [-0.25, -0.2) is 5.43 Å². The molecule has 31 heavy (non-hydrogen) atoms. The molecule has 0 amide bonds. The molecule has 0 saturated heterocycles. The van der Waals surface area contributed by atoms with Gasteiger partial charge in [0.2, 0.25) is 0 Å². The molecule has 1 aliphatic heterocycles. The molecule has 0 radical (unpaired) electrons. The van der Waals surface area contributed by atoms with E-state index in [0.29, 0.717) is 6.04 Å². The number of pyridine rings is 1. The zero-order chi connectivity index (χ0) is 20.8. The molecule has 2 aromatic heterocycles. The van der Waals surface area contributed by atoms with Crippen LogP contribution >= 0.6 is 0 Å². The second-order valence-corrected chi connectivity index (χ2v) is 8.36. The Bertz CT molecular complexity index is 1400. The molecule has 0 aliphatic carbocycles. The van der Waals surface area contributed by atoms with Crippen molar-refractivity contribution in [3.05, 3.63) is 102 Å². The fraction of sp³-hybridized carbons (Fsp3) is 0.154. The SMILES string of the molecule is CC1Cc2cc(-c3ccc4nncn4c3)ccc2C(c2ccc3ccccc3c2)NN1. The fourth-order valence-corrected chi connectivity index (χ4v) is 4.58. The third kappa shape index (κ3) is 3.28. The second kappa shape index (κ2) is 7.30. The molecular weight excluding hydrogens is 382 g/mol. The van der Waals surface area contributed by atoms with Crippen LogP contribution < -0.4 is 10.9 Å². The van der Waals surface area contributed by atoms with E-state index in [1.54, 1.807) is 6.33 Å². The Hall–Kier alpha value is -3.54. The molecule has 0 bridgehead atoms. The maximum absolute atomic E-state index is 4.11. The zero-order valence-electron chi connectivity index (χ0n) is 17.3. The predicted molar refractivity (Wildman–Crippen MR) is 124 cm³/mol. The molecule has 0 fully saturated rings. The van der Waals surface area contributed by atoms with E-state index in [0.717, 1.165) is 17.6 Å². The minimum atomic E-state index is 0.0962. The Morgan fingerprint density at radius 3 is 2.68 bits per heavy atom. The van der Waals surface area contributed by atoms with Crippen molar-refractivity contribution in [2.24, 2.45) is 0 Å². The Kier molecular flexibility index (Phi) is 4.30. The molecule has 3 heterocycles. The van der Waals surface area contributed by atoms with Gasteiger partial charge in [-0.15, -0.1) is 10.2 Å². The number of hydrazine groups is 1. The summed E-state index contributed by atoms with van der Waals surface area (Å²) in [7, 11) is 0. The van der Waals surface area contributed by atoms with Crippen molar-refractivity contribution in [2.45, 2.75) is 25.4 Å². The zero-order valence-corrected chi connectivity index (χ0v) is 17.3. The third-order valence-electron chi connectivity index (χ3n) is 6.19. The Labute approximate surface area is 180 Å². The third-order valence-corrected chi connectivity index (χ3v) is 6.19. The van der Waals surface area contributed by atoms with Gasteiger partial charge < -0.3 is 0 Å². The molecule has 5 aromatic rings. The number of benzene rings is 3. The topological polar surface area (TPSA) is 54.2 Å². The summed E-state index contributed by atoms with van der Waals surface area (Å²) >= 11 is 0. The first-order valence-electron chi connectivity index (χ1n) is 10.7. The summed E-state index contributed by atoms with van der Waals surface area (Å²) in [5, 5.41) is 10.6. The lowest BCUT2D eigenvalue weighted by Gasteiger charge is -2.21. The molecule has 2 N–H and O–H groups in total. The minimum Gasteiger partial charge on any atom is -0.288 e. The van der Waals surface area contributed by atoms with Crippen LogP contribution in [0.3, 0.4) is 0 Å².